The lowest BCUT2D eigenvalue weighted by Crippen LogP contribution is -2.58. The normalized spacial score (nSPS) is 25.3. The van der Waals surface area contributed by atoms with Crippen LogP contribution in [0.1, 0.15) is 46.0 Å². The highest BCUT2D eigenvalue weighted by Gasteiger charge is 2.54. The van der Waals surface area contributed by atoms with E-state index < -0.39 is 29.4 Å². The smallest absolute Gasteiger partial charge is 0.329 e. The van der Waals surface area contributed by atoms with Gasteiger partial charge in [0.05, 0.1) is 0 Å². The van der Waals surface area contributed by atoms with Gasteiger partial charge in [0.15, 0.2) is 12.0 Å². The SMILES string of the molecule is CCCC[C@@]1(C(=O)O)CCC(=O)N1C(O)C(C)=O. The molecule has 1 saturated heterocycles. The van der Waals surface area contributed by atoms with Gasteiger partial charge in [0.1, 0.15) is 5.54 Å². The van der Waals surface area contributed by atoms with Crippen LogP contribution in [0.4, 0.5) is 0 Å². The van der Waals surface area contributed by atoms with Gasteiger partial charge in [-0.2, -0.15) is 0 Å². The Morgan fingerprint density at radius 3 is 2.56 bits per heavy atom. The summed E-state index contributed by atoms with van der Waals surface area (Å²) in [4.78, 5) is 35.3. The van der Waals surface area contributed by atoms with Crippen LogP contribution in [0.15, 0.2) is 0 Å². The molecule has 1 unspecified atom stereocenters. The van der Waals surface area contributed by atoms with Crippen LogP contribution in [0.2, 0.25) is 0 Å². The summed E-state index contributed by atoms with van der Waals surface area (Å²) < 4.78 is 0. The van der Waals surface area contributed by atoms with Gasteiger partial charge in [-0.05, 0) is 19.8 Å². The quantitative estimate of drug-likeness (QED) is 0.723. The van der Waals surface area contributed by atoms with Crippen molar-refractivity contribution in [2.45, 2.75) is 57.7 Å². The zero-order valence-electron chi connectivity index (χ0n) is 10.7. The second-order valence-electron chi connectivity index (χ2n) is 4.69. The number of aliphatic hydroxyl groups excluding tert-OH is 1. The van der Waals surface area contributed by atoms with Crippen molar-refractivity contribution in [1.29, 1.82) is 0 Å². The second kappa shape index (κ2) is 5.48. The molecular formula is C12H19NO5. The molecule has 1 aliphatic rings. The highest BCUT2D eigenvalue weighted by molar-refractivity contribution is 5.94. The molecule has 1 rings (SSSR count). The van der Waals surface area contributed by atoms with Gasteiger partial charge in [0, 0.05) is 6.42 Å². The number of aliphatic carboxylic acids is 1. The summed E-state index contributed by atoms with van der Waals surface area (Å²) in [6, 6.07) is 0. The Balaban J connectivity index is 3.10. The fraction of sp³-hybridized carbons (Fsp3) is 0.750. The summed E-state index contributed by atoms with van der Waals surface area (Å²) in [5.41, 5.74) is -1.43. The molecule has 0 aliphatic carbocycles. The number of nitrogens with zero attached hydrogens (tertiary/aromatic N) is 1. The first-order valence-electron chi connectivity index (χ1n) is 6.11. The molecule has 0 aromatic rings. The third-order valence-electron chi connectivity index (χ3n) is 3.43. The summed E-state index contributed by atoms with van der Waals surface area (Å²) in [5, 5.41) is 19.2. The monoisotopic (exact) mass is 257 g/mol. The van der Waals surface area contributed by atoms with Crippen molar-refractivity contribution in [3.05, 3.63) is 0 Å². The number of rotatable bonds is 6. The number of carboxylic acid groups (broad SMARTS) is 1. The molecular weight excluding hydrogens is 238 g/mol. The van der Waals surface area contributed by atoms with E-state index in [9.17, 15) is 24.6 Å². The minimum Gasteiger partial charge on any atom is -0.479 e. The van der Waals surface area contributed by atoms with Gasteiger partial charge in [0.2, 0.25) is 5.91 Å². The molecule has 0 radical (unpaired) electrons. The third kappa shape index (κ3) is 2.38. The molecule has 1 amide bonds. The van der Waals surface area contributed by atoms with Gasteiger partial charge >= 0.3 is 5.97 Å². The Bertz CT molecular complexity index is 367. The lowest BCUT2D eigenvalue weighted by atomic mass is 9.89. The molecule has 1 aliphatic heterocycles. The van der Waals surface area contributed by atoms with E-state index in [2.05, 4.69) is 0 Å². The van der Waals surface area contributed by atoms with Crippen molar-refractivity contribution in [2.75, 3.05) is 0 Å². The molecule has 0 aromatic heterocycles. The van der Waals surface area contributed by atoms with Crippen molar-refractivity contribution >= 4 is 17.7 Å². The van der Waals surface area contributed by atoms with Crippen LogP contribution in [0.5, 0.6) is 0 Å². The number of carbonyl (C=O) groups is 3. The molecule has 0 bridgehead atoms. The van der Waals surface area contributed by atoms with Gasteiger partial charge in [-0.3, -0.25) is 14.5 Å². The fourth-order valence-corrected chi connectivity index (χ4v) is 2.38. The van der Waals surface area contributed by atoms with Gasteiger partial charge < -0.3 is 10.2 Å². The number of unbranched alkanes of at least 4 members (excludes halogenated alkanes) is 1. The van der Waals surface area contributed by atoms with E-state index in [1.807, 2.05) is 6.92 Å². The number of likely N-dealkylation sites (tertiary alicyclic amines) is 1. The molecule has 1 fully saturated rings. The number of hydrogen-bond acceptors (Lipinski definition) is 4. The van der Waals surface area contributed by atoms with Crippen molar-refractivity contribution in [2.24, 2.45) is 0 Å². The van der Waals surface area contributed by atoms with E-state index in [0.29, 0.717) is 6.42 Å². The van der Waals surface area contributed by atoms with E-state index in [4.69, 9.17) is 0 Å². The minimum absolute atomic E-state index is 0.0559. The van der Waals surface area contributed by atoms with Crippen molar-refractivity contribution in [3.63, 3.8) is 0 Å². The predicted octanol–water partition coefficient (Wildman–Crippen LogP) is 0.530. The molecule has 6 nitrogen and oxygen atoms in total. The van der Waals surface area contributed by atoms with E-state index >= 15 is 0 Å². The summed E-state index contributed by atoms with van der Waals surface area (Å²) in [5.74, 6) is -2.24. The standard InChI is InChI=1S/C12H19NO5/c1-3-4-6-12(11(17)18)7-5-9(15)13(12)10(16)8(2)14/h10,16H,3-7H2,1-2H3,(H,17,18)/t10?,12-/m0/s1. The molecule has 6 heteroatoms. The second-order valence-corrected chi connectivity index (χ2v) is 4.69. The highest BCUT2D eigenvalue weighted by Crippen LogP contribution is 2.36. The predicted molar refractivity (Wildman–Crippen MR) is 62.7 cm³/mol. The number of carboxylic acids is 1. The van der Waals surface area contributed by atoms with Crippen LogP contribution < -0.4 is 0 Å². The van der Waals surface area contributed by atoms with Crippen molar-refractivity contribution < 1.29 is 24.6 Å². The minimum atomic E-state index is -1.66. The number of aliphatic hydroxyl groups is 1. The summed E-state index contributed by atoms with van der Waals surface area (Å²) in [7, 11) is 0. The number of Topliss-reactive ketones (excluding diaryl/α,β-unsaturated/α-hetero) is 1. The topological polar surface area (TPSA) is 94.9 Å². The number of carbonyl (C=O) groups excluding carboxylic acids is 2. The van der Waals surface area contributed by atoms with E-state index in [1.54, 1.807) is 0 Å². The molecule has 0 saturated carbocycles. The van der Waals surface area contributed by atoms with E-state index in [-0.39, 0.29) is 19.3 Å². The molecule has 102 valence electrons. The zero-order valence-corrected chi connectivity index (χ0v) is 10.7. The summed E-state index contributed by atoms with van der Waals surface area (Å²) >= 11 is 0. The number of amides is 1. The molecule has 1 heterocycles. The first-order chi connectivity index (χ1) is 8.36. The Morgan fingerprint density at radius 1 is 1.50 bits per heavy atom. The van der Waals surface area contributed by atoms with Crippen LogP contribution in [0.3, 0.4) is 0 Å². The maximum atomic E-state index is 11.8. The average Bonchev–Trinajstić information content (AvgIpc) is 2.64. The van der Waals surface area contributed by atoms with Gasteiger partial charge in [0.25, 0.3) is 0 Å². The Morgan fingerprint density at radius 2 is 2.11 bits per heavy atom. The Labute approximate surface area is 106 Å². The van der Waals surface area contributed by atoms with Gasteiger partial charge in [-0.25, -0.2) is 4.79 Å². The Kier molecular flexibility index (Phi) is 4.45. The van der Waals surface area contributed by atoms with Crippen LogP contribution in [0, 0.1) is 0 Å². The highest BCUT2D eigenvalue weighted by atomic mass is 16.4. The lowest BCUT2D eigenvalue weighted by Gasteiger charge is -2.37. The van der Waals surface area contributed by atoms with Gasteiger partial charge in [-0.15, -0.1) is 0 Å². The van der Waals surface area contributed by atoms with Crippen LogP contribution in [-0.2, 0) is 14.4 Å². The first-order valence-corrected chi connectivity index (χ1v) is 6.11. The number of ketones is 1. The lowest BCUT2D eigenvalue weighted by molar-refractivity contribution is -0.169. The molecule has 0 aromatic carbocycles. The maximum Gasteiger partial charge on any atom is 0.329 e. The average molecular weight is 257 g/mol. The van der Waals surface area contributed by atoms with Gasteiger partial charge in [-0.1, -0.05) is 19.8 Å². The van der Waals surface area contributed by atoms with E-state index in [1.165, 1.54) is 0 Å². The number of hydrogen-bond donors (Lipinski definition) is 2. The molecule has 2 N–H and O–H groups in total. The van der Waals surface area contributed by atoms with Crippen molar-refractivity contribution in [1.82, 2.24) is 4.90 Å². The van der Waals surface area contributed by atoms with Crippen LogP contribution in [0.25, 0.3) is 0 Å². The summed E-state index contributed by atoms with van der Waals surface area (Å²) in [6.07, 6.45) is 0.210. The fourth-order valence-electron chi connectivity index (χ4n) is 2.38. The van der Waals surface area contributed by atoms with Crippen LogP contribution in [-0.4, -0.2) is 44.5 Å². The summed E-state index contributed by atoms with van der Waals surface area (Å²) in [6.45, 7) is 3.06. The zero-order chi connectivity index (χ0) is 13.9. The molecule has 18 heavy (non-hydrogen) atoms. The first kappa shape index (κ1) is 14.6. The molecule has 0 spiro atoms. The maximum absolute atomic E-state index is 11.8. The van der Waals surface area contributed by atoms with E-state index in [0.717, 1.165) is 18.2 Å². The van der Waals surface area contributed by atoms with Crippen molar-refractivity contribution in [3.8, 4) is 0 Å². The Hall–Kier alpha value is -1.43. The molecule has 2 atom stereocenters. The largest absolute Gasteiger partial charge is 0.479 e. The van der Waals surface area contributed by atoms with Crippen LogP contribution >= 0.6 is 0 Å². The third-order valence-corrected chi connectivity index (χ3v) is 3.43.